The zero-order valence-corrected chi connectivity index (χ0v) is 7.67. The number of ether oxygens (including phenoxy) is 1. The third-order valence-corrected chi connectivity index (χ3v) is 1.63. The van der Waals surface area contributed by atoms with Crippen LogP contribution in [0.15, 0.2) is 12.3 Å². The Labute approximate surface area is 83.8 Å². The molecule has 1 heterocycles. The van der Waals surface area contributed by atoms with Crippen molar-refractivity contribution in [1.82, 2.24) is 4.98 Å². The van der Waals surface area contributed by atoms with Crippen LogP contribution < -0.4 is 0 Å². The summed E-state index contributed by atoms with van der Waals surface area (Å²) in [6.45, 7) is 0. The summed E-state index contributed by atoms with van der Waals surface area (Å²) in [6, 6.07) is 1.01. The van der Waals surface area contributed by atoms with E-state index < -0.39 is 16.6 Å². The molecule has 78 valence electrons. The molecule has 0 aromatic carbocycles. The zero-order chi connectivity index (χ0) is 11.4. The van der Waals surface area contributed by atoms with Gasteiger partial charge in [0.1, 0.15) is 11.9 Å². The first-order chi connectivity index (χ1) is 7.10. The Morgan fingerprint density at radius 3 is 2.80 bits per heavy atom. The quantitative estimate of drug-likeness (QED) is 0.313. The third-order valence-electron chi connectivity index (χ3n) is 1.63. The standard InChI is InChI=1S/C8H6N2O5/c1-15-8(12)6-2-5(4-11)7(3-9-6)10(13)14/h2-4H,1H3. The van der Waals surface area contributed by atoms with E-state index in [9.17, 15) is 19.7 Å². The highest BCUT2D eigenvalue weighted by molar-refractivity contribution is 5.91. The summed E-state index contributed by atoms with van der Waals surface area (Å²) >= 11 is 0. The van der Waals surface area contributed by atoms with E-state index in [1.165, 1.54) is 0 Å². The number of hydrogen-bond acceptors (Lipinski definition) is 6. The number of nitrogens with zero attached hydrogens (tertiary/aromatic N) is 2. The first-order valence-electron chi connectivity index (χ1n) is 3.78. The molecule has 0 bridgehead atoms. The molecule has 0 N–H and O–H groups in total. The van der Waals surface area contributed by atoms with Crippen molar-refractivity contribution in [3.63, 3.8) is 0 Å². The molecule has 0 atom stereocenters. The van der Waals surface area contributed by atoms with Gasteiger partial charge in [0.15, 0.2) is 6.29 Å². The molecule has 0 saturated heterocycles. The Hall–Kier alpha value is -2.31. The molecule has 7 heteroatoms. The molecule has 0 aliphatic carbocycles. The van der Waals surface area contributed by atoms with E-state index in [-0.39, 0.29) is 17.5 Å². The molecule has 0 spiro atoms. The van der Waals surface area contributed by atoms with Gasteiger partial charge < -0.3 is 4.74 Å². The number of hydrogen-bond donors (Lipinski definition) is 0. The number of rotatable bonds is 3. The third kappa shape index (κ3) is 2.13. The van der Waals surface area contributed by atoms with Gasteiger partial charge in [-0.3, -0.25) is 14.9 Å². The van der Waals surface area contributed by atoms with Gasteiger partial charge in [0.05, 0.1) is 17.6 Å². The Kier molecular flexibility index (Phi) is 3.06. The number of pyridine rings is 1. The number of carbonyl (C=O) groups excluding carboxylic acids is 2. The zero-order valence-electron chi connectivity index (χ0n) is 7.67. The van der Waals surface area contributed by atoms with E-state index in [2.05, 4.69) is 9.72 Å². The smallest absolute Gasteiger partial charge is 0.356 e. The lowest BCUT2D eigenvalue weighted by atomic mass is 10.2. The van der Waals surface area contributed by atoms with Gasteiger partial charge in [-0.15, -0.1) is 0 Å². The van der Waals surface area contributed by atoms with E-state index in [1.54, 1.807) is 0 Å². The minimum Gasteiger partial charge on any atom is -0.464 e. The van der Waals surface area contributed by atoms with Crippen LogP contribution in [0.4, 0.5) is 5.69 Å². The maximum Gasteiger partial charge on any atom is 0.356 e. The van der Waals surface area contributed by atoms with E-state index in [1.807, 2.05) is 0 Å². The number of nitro groups is 1. The highest BCUT2D eigenvalue weighted by Gasteiger charge is 2.17. The van der Waals surface area contributed by atoms with Crippen molar-refractivity contribution in [3.8, 4) is 0 Å². The molecule has 0 radical (unpaired) electrons. The maximum absolute atomic E-state index is 11.0. The molecule has 1 aromatic rings. The van der Waals surface area contributed by atoms with Crippen molar-refractivity contribution in [3.05, 3.63) is 33.6 Å². The Balaban J connectivity index is 3.24. The average Bonchev–Trinajstić information content (AvgIpc) is 2.26. The molecule has 7 nitrogen and oxygen atoms in total. The van der Waals surface area contributed by atoms with Gasteiger partial charge in [-0.2, -0.15) is 0 Å². The summed E-state index contributed by atoms with van der Waals surface area (Å²) in [5, 5.41) is 10.4. The van der Waals surface area contributed by atoms with E-state index in [0.717, 1.165) is 19.4 Å². The average molecular weight is 210 g/mol. The number of esters is 1. The molecule has 0 amide bonds. The van der Waals surface area contributed by atoms with Gasteiger partial charge >= 0.3 is 5.97 Å². The van der Waals surface area contributed by atoms with Gasteiger partial charge in [-0.1, -0.05) is 0 Å². The van der Waals surface area contributed by atoms with Crippen LogP contribution in [0.2, 0.25) is 0 Å². The lowest BCUT2D eigenvalue weighted by molar-refractivity contribution is -0.385. The van der Waals surface area contributed by atoms with Crippen LogP contribution in [0.5, 0.6) is 0 Å². The normalized spacial score (nSPS) is 9.40. The predicted molar refractivity (Wildman–Crippen MR) is 47.6 cm³/mol. The molecule has 0 aliphatic rings. The van der Waals surface area contributed by atoms with E-state index >= 15 is 0 Å². The monoisotopic (exact) mass is 210 g/mol. The minimum absolute atomic E-state index is 0.148. The van der Waals surface area contributed by atoms with Gasteiger partial charge in [-0.25, -0.2) is 9.78 Å². The molecular weight excluding hydrogens is 204 g/mol. The first-order valence-corrected chi connectivity index (χ1v) is 3.78. The van der Waals surface area contributed by atoms with Crippen molar-refractivity contribution < 1.29 is 19.2 Å². The minimum atomic E-state index is -0.756. The SMILES string of the molecule is COC(=O)c1cc(C=O)c([N+](=O)[O-])cn1. The first kappa shape index (κ1) is 10.8. The van der Waals surface area contributed by atoms with E-state index in [0.29, 0.717) is 0 Å². The molecule has 0 saturated carbocycles. The van der Waals surface area contributed by atoms with Gasteiger partial charge in [0, 0.05) is 0 Å². The van der Waals surface area contributed by atoms with Crippen LogP contribution in [0, 0.1) is 10.1 Å². The highest BCUT2D eigenvalue weighted by Crippen LogP contribution is 2.16. The Morgan fingerprint density at radius 1 is 1.67 bits per heavy atom. The summed E-state index contributed by atoms with van der Waals surface area (Å²) in [5.41, 5.74) is -0.807. The summed E-state index contributed by atoms with van der Waals surface area (Å²) < 4.78 is 4.35. The molecule has 0 fully saturated rings. The second kappa shape index (κ2) is 4.27. The fourth-order valence-corrected chi connectivity index (χ4v) is 0.927. The fraction of sp³-hybridized carbons (Fsp3) is 0.125. The number of aromatic nitrogens is 1. The van der Waals surface area contributed by atoms with Crippen LogP contribution in [0.3, 0.4) is 0 Å². The molecule has 1 aromatic heterocycles. The predicted octanol–water partition coefficient (Wildman–Crippen LogP) is 0.589. The lowest BCUT2D eigenvalue weighted by Gasteiger charge is -1.99. The molecule has 1 rings (SSSR count). The topological polar surface area (TPSA) is 99.4 Å². The molecular formula is C8H6N2O5. The van der Waals surface area contributed by atoms with E-state index in [4.69, 9.17) is 0 Å². The van der Waals surface area contributed by atoms with Crippen molar-refractivity contribution in [2.45, 2.75) is 0 Å². The van der Waals surface area contributed by atoms with Crippen molar-refractivity contribution in [1.29, 1.82) is 0 Å². The van der Waals surface area contributed by atoms with Crippen LogP contribution in [-0.4, -0.2) is 29.3 Å². The highest BCUT2D eigenvalue weighted by atomic mass is 16.6. The molecule has 0 aliphatic heterocycles. The number of methoxy groups -OCH3 is 1. The summed E-state index contributed by atoms with van der Waals surface area (Å²) in [5.74, 6) is -0.756. The second-order valence-electron chi connectivity index (χ2n) is 2.49. The second-order valence-corrected chi connectivity index (χ2v) is 2.49. The van der Waals surface area contributed by atoms with Gasteiger partial charge in [-0.05, 0) is 6.07 Å². The van der Waals surface area contributed by atoms with Crippen LogP contribution >= 0.6 is 0 Å². The summed E-state index contributed by atoms with van der Waals surface area (Å²) in [6.07, 6.45) is 1.13. The lowest BCUT2D eigenvalue weighted by Crippen LogP contribution is -2.06. The van der Waals surface area contributed by atoms with Crippen molar-refractivity contribution >= 4 is 17.9 Å². The number of aldehydes is 1. The molecule has 0 unspecified atom stereocenters. The van der Waals surface area contributed by atoms with Crippen molar-refractivity contribution in [2.24, 2.45) is 0 Å². The Morgan fingerprint density at radius 2 is 2.33 bits per heavy atom. The fourth-order valence-electron chi connectivity index (χ4n) is 0.927. The maximum atomic E-state index is 11.0. The van der Waals surface area contributed by atoms with Crippen LogP contribution in [0.25, 0.3) is 0 Å². The number of carbonyl (C=O) groups is 2. The Bertz CT molecular complexity index is 429. The van der Waals surface area contributed by atoms with Crippen LogP contribution in [-0.2, 0) is 4.74 Å². The van der Waals surface area contributed by atoms with Gasteiger partial charge in [0.25, 0.3) is 5.69 Å². The van der Waals surface area contributed by atoms with Crippen LogP contribution in [0.1, 0.15) is 20.8 Å². The summed E-state index contributed by atoms with van der Waals surface area (Å²) in [7, 11) is 1.14. The van der Waals surface area contributed by atoms with Crippen molar-refractivity contribution in [2.75, 3.05) is 7.11 Å². The van der Waals surface area contributed by atoms with Gasteiger partial charge in [0.2, 0.25) is 0 Å². The largest absolute Gasteiger partial charge is 0.464 e. The molecule has 15 heavy (non-hydrogen) atoms. The summed E-state index contributed by atoms with van der Waals surface area (Å²) in [4.78, 5) is 34.7.